The van der Waals surface area contributed by atoms with E-state index in [1.165, 1.54) is 4.90 Å². The molecule has 2 amide bonds. The van der Waals surface area contributed by atoms with E-state index in [9.17, 15) is 14.7 Å². The third kappa shape index (κ3) is 2.92. The largest absolute Gasteiger partial charge is 0.480 e. The molecule has 0 fully saturated rings. The minimum absolute atomic E-state index is 0.353. The number of aryl methyl sites for hydroxylation is 1. The van der Waals surface area contributed by atoms with Gasteiger partial charge in [-0.25, -0.2) is 19.7 Å². The highest BCUT2D eigenvalue weighted by Gasteiger charge is 2.46. The van der Waals surface area contributed by atoms with Crippen LogP contribution in [0.3, 0.4) is 0 Å². The average molecular weight is 421 g/mol. The van der Waals surface area contributed by atoms with Crippen LogP contribution < -0.4 is 15.0 Å². The van der Waals surface area contributed by atoms with Gasteiger partial charge in [-0.1, -0.05) is 17.8 Å². The summed E-state index contributed by atoms with van der Waals surface area (Å²) >= 11 is 1.14. The van der Waals surface area contributed by atoms with Gasteiger partial charge in [0.25, 0.3) is 0 Å². The highest BCUT2D eigenvalue weighted by Crippen LogP contribution is 2.50. The monoisotopic (exact) mass is 421 g/mol. The molecule has 10 heteroatoms. The zero-order valence-electron chi connectivity index (χ0n) is 15.6. The summed E-state index contributed by atoms with van der Waals surface area (Å²) < 4.78 is 5.66. The molecular weight excluding hydrogens is 406 g/mol. The van der Waals surface area contributed by atoms with Crippen LogP contribution in [-0.4, -0.2) is 37.3 Å². The van der Waals surface area contributed by atoms with E-state index in [0.29, 0.717) is 33.7 Å². The van der Waals surface area contributed by atoms with Crippen molar-refractivity contribution < 1.29 is 19.4 Å². The number of carbonyl (C=O) groups excluding carboxylic acids is 1. The minimum atomic E-state index is -0.989. The molecule has 2 atom stereocenters. The fraction of sp³-hybridized carbons (Fsp3) is 0.150. The van der Waals surface area contributed by atoms with Crippen LogP contribution in [0.4, 0.5) is 16.2 Å². The van der Waals surface area contributed by atoms with Crippen molar-refractivity contribution in [3.05, 3.63) is 60.0 Å². The van der Waals surface area contributed by atoms with Gasteiger partial charge < -0.3 is 15.2 Å². The van der Waals surface area contributed by atoms with Gasteiger partial charge in [-0.3, -0.25) is 9.69 Å². The first kappa shape index (κ1) is 18.4. The Morgan fingerprint density at radius 3 is 2.77 bits per heavy atom. The number of pyridine rings is 3. The number of aromatic nitrogens is 3. The number of aliphatic carboxylic acids is 1. The molecule has 2 N–H and O–H groups in total. The van der Waals surface area contributed by atoms with E-state index in [1.807, 2.05) is 13.0 Å². The first-order valence-corrected chi connectivity index (χ1v) is 9.95. The van der Waals surface area contributed by atoms with Crippen molar-refractivity contribution in [2.45, 2.75) is 23.2 Å². The van der Waals surface area contributed by atoms with Crippen molar-refractivity contribution in [3.8, 4) is 11.8 Å². The van der Waals surface area contributed by atoms with Gasteiger partial charge >= 0.3 is 12.0 Å². The van der Waals surface area contributed by atoms with Gasteiger partial charge in [0.15, 0.2) is 0 Å². The maximum absolute atomic E-state index is 13.0. The topological polar surface area (TPSA) is 118 Å². The molecule has 150 valence electrons. The van der Waals surface area contributed by atoms with Crippen molar-refractivity contribution in [1.82, 2.24) is 20.3 Å². The number of thioether (sulfide) groups is 1. The van der Waals surface area contributed by atoms with Gasteiger partial charge in [-0.15, -0.1) is 0 Å². The number of anilines is 2. The zero-order valence-corrected chi connectivity index (χ0v) is 16.5. The predicted octanol–water partition coefficient (Wildman–Crippen LogP) is 3.43. The van der Waals surface area contributed by atoms with E-state index in [4.69, 9.17) is 4.74 Å². The number of carboxylic acid groups (broad SMARTS) is 1. The Kier molecular flexibility index (Phi) is 4.28. The maximum atomic E-state index is 13.0. The number of amides is 2. The minimum Gasteiger partial charge on any atom is -0.480 e. The first-order valence-electron chi connectivity index (χ1n) is 9.07. The Balaban J connectivity index is 1.53. The standard InChI is InChI=1S/C20H15N5O4S/c1-10-8-14(29-13-4-2-3-6-21-13)23-9-12(10)25-11-5-7-22-18-15(11)16(24-20(25)28)17(30-18)19(26)27/h2-9,16-17H,1H3,(H,24,28)(H,26,27). The molecule has 3 aromatic rings. The molecular formula is C20H15N5O4S. The van der Waals surface area contributed by atoms with Crippen molar-refractivity contribution in [2.75, 3.05) is 4.90 Å². The first-order chi connectivity index (χ1) is 14.5. The molecule has 5 rings (SSSR count). The predicted molar refractivity (Wildman–Crippen MR) is 108 cm³/mol. The van der Waals surface area contributed by atoms with Crippen molar-refractivity contribution in [3.63, 3.8) is 0 Å². The van der Waals surface area contributed by atoms with Crippen LogP contribution in [0.2, 0.25) is 0 Å². The molecule has 2 aliphatic heterocycles. The van der Waals surface area contributed by atoms with Gasteiger partial charge in [0.2, 0.25) is 11.8 Å². The summed E-state index contributed by atoms with van der Waals surface area (Å²) in [5.41, 5.74) is 2.64. The smallest absolute Gasteiger partial charge is 0.327 e. The van der Waals surface area contributed by atoms with Crippen LogP contribution in [0.1, 0.15) is 17.2 Å². The molecule has 0 radical (unpaired) electrons. The fourth-order valence-corrected chi connectivity index (χ4v) is 4.74. The lowest BCUT2D eigenvalue weighted by Gasteiger charge is -2.34. The van der Waals surface area contributed by atoms with Crippen LogP contribution in [0.5, 0.6) is 11.8 Å². The number of hydrogen-bond acceptors (Lipinski definition) is 7. The van der Waals surface area contributed by atoms with Crippen molar-refractivity contribution >= 4 is 35.1 Å². The van der Waals surface area contributed by atoms with Gasteiger partial charge in [-0.2, -0.15) is 0 Å². The molecule has 5 heterocycles. The lowest BCUT2D eigenvalue weighted by molar-refractivity contribution is -0.136. The SMILES string of the molecule is Cc1cc(Oc2ccccn2)ncc1N1C(=O)NC2c3c1ccnc3SC2C(=O)O. The normalized spacial score (nSPS) is 19.2. The Morgan fingerprint density at radius 2 is 2.03 bits per heavy atom. The van der Waals surface area contributed by atoms with E-state index in [2.05, 4.69) is 20.3 Å². The quantitative estimate of drug-likeness (QED) is 0.658. The van der Waals surface area contributed by atoms with E-state index in [-0.39, 0.29) is 0 Å². The molecule has 0 aromatic carbocycles. The van der Waals surface area contributed by atoms with E-state index < -0.39 is 23.3 Å². The van der Waals surface area contributed by atoms with E-state index in [0.717, 1.165) is 17.3 Å². The number of rotatable bonds is 4. The van der Waals surface area contributed by atoms with Gasteiger partial charge in [0.1, 0.15) is 10.3 Å². The summed E-state index contributed by atoms with van der Waals surface area (Å²) in [5, 5.41) is 12.1. The lowest BCUT2D eigenvalue weighted by atomic mass is 10.0. The molecule has 0 saturated heterocycles. The van der Waals surface area contributed by atoms with Crippen LogP contribution in [0.25, 0.3) is 0 Å². The number of carboxylic acids is 1. The second-order valence-corrected chi connectivity index (χ2v) is 7.90. The Morgan fingerprint density at radius 1 is 1.17 bits per heavy atom. The molecule has 3 aromatic heterocycles. The van der Waals surface area contributed by atoms with E-state index in [1.54, 1.807) is 42.9 Å². The summed E-state index contributed by atoms with van der Waals surface area (Å²) in [5.74, 6) is -0.220. The molecule has 30 heavy (non-hydrogen) atoms. The zero-order chi connectivity index (χ0) is 20.8. The van der Waals surface area contributed by atoms with Crippen molar-refractivity contribution in [2.24, 2.45) is 0 Å². The summed E-state index contributed by atoms with van der Waals surface area (Å²) in [6.45, 7) is 1.85. The number of nitrogens with zero attached hydrogens (tertiary/aromatic N) is 4. The molecule has 2 unspecified atom stereocenters. The van der Waals surface area contributed by atoms with Gasteiger partial charge in [0.05, 0.1) is 23.6 Å². The van der Waals surface area contributed by atoms with E-state index >= 15 is 0 Å². The summed E-state index contributed by atoms with van der Waals surface area (Å²) in [7, 11) is 0. The molecule has 0 spiro atoms. The summed E-state index contributed by atoms with van der Waals surface area (Å²) in [4.78, 5) is 38.8. The summed E-state index contributed by atoms with van der Waals surface area (Å²) in [6, 6.07) is 7.71. The van der Waals surface area contributed by atoms with Crippen LogP contribution in [0, 0.1) is 6.92 Å². The Bertz CT molecular complexity index is 1170. The second-order valence-electron chi connectivity index (χ2n) is 6.77. The molecule has 0 saturated carbocycles. The van der Waals surface area contributed by atoms with Crippen LogP contribution in [0.15, 0.2) is 53.9 Å². The summed E-state index contributed by atoms with van der Waals surface area (Å²) in [6.07, 6.45) is 4.75. The third-order valence-corrected chi connectivity index (χ3v) is 6.17. The van der Waals surface area contributed by atoms with Crippen LogP contribution >= 0.6 is 11.8 Å². The fourth-order valence-electron chi connectivity index (χ4n) is 3.58. The molecule has 0 aliphatic carbocycles. The van der Waals surface area contributed by atoms with Crippen LogP contribution in [-0.2, 0) is 4.79 Å². The maximum Gasteiger partial charge on any atom is 0.327 e. The third-order valence-electron chi connectivity index (χ3n) is 4.90. The second kappa shape index (κ2) is 6.99. The Labute approximate surface area is 175 Å². The highest BCUT2D eigenvalue weighted by molar-refractivity contribution is 8.00. The number of carbonyl (C=O) groups is 2. The molecule has 0 bridgehead atoms. The number of nitrogens with one attached hydrogen (secondary N) is 1. The number of ether oxygens (including phenoxy) is 1. The molecule has 9 nitrogen and oxygen atoms in total. The number of hydrogen-bond donors (Lipinski definition) is 2. The van der Waals surface area contributed by atoms with Gasteiger partial charge in [-0.05, 0) is 24.6 Å². The van der Waals surface area contributed by atoms with Crippen molar-refractivity contribution in [1.29, 1.82) is 0 Å². The average Bonchev–Trinajstić information content (AvgIpc) is 3.10. The highest BCUT2D eigenvalue weighted by atomic mass is 32.2. The number of urea groups is 1. The Hall–Kier alpha value is -3.66. The lowest BCUT2D eigenvalue weighted by Crippen LogP contribution is -2.47. The molecule has 2 aliphatic rings. The van der Waals surface area contributed by atoms with Gasteiger partial charge in [0, 0.05) is 30.1 Å².